The van der Waals surface area contributed by atoms with Crippen LogP contribution >= 0.6 is 0 Å². The quantitative estimate of drug-likeness (QED) is 0.306. The van der Waals surface area contributed by atoms with E-state index < -0.39 is 78.1 Å². The Morgan fingerprint density at radius 1 is 1.04 bits per heavy atom. The van der Waals surface area contributed by atoms with Gasteiger partial charge in [-0.1, -0.05) is 0 Å². The van der Waals surface area contributed by atoms with Gasteiger partial charge in [0, 0.05) is 12.3 Å². The molecule has 11 heteroatoms. The molecule has 0 spiro atoms. The van der Waals surface area contributed by atoms with Gasteiger partial charge in [-0.3, -0.25) is 24.0 Å². The summed E-state index contributed by atoms with van der Waals surface area (Å²) in [6.45, 7) is -0.899. The molecule has 0 aromatic heterocycles. The minimum absolute atomic E-state index is 0.429. The molecule has 0 radical (unpaired) electrons. The van der Waals surface area contributed by atoms with Crippen LogP contribution in [0.25, 0.3) is 0 Å². The first-order valence-electron chi connectivity index (χ1n) is 8.37. The topological polar surface area (TPSA) is 152 Å². The number of aliphatic hydroxyl groups is 1. The van der Waals surface area contributed by atoms with E-state index >= 15 is 0 Å². The van der Waals surface area contributed by atoms with Gasteiger partial charge in [-0.15, -0.1) is 0 Å². The van der Waals surface area contributed by atoms with E-state index in [0.29, 0.717) is 0 Å². The van der Waals surface area contributed by atoms with Crippen molar-refractivity contribution in [3.63, 3.8) is 0 Å². The van der Waals surface area contributed by atoms with Crippen LogP contribution in [0.4, 0.5) is 0 Å². The Morgan fingerprint density at radius 3 is 2.00 bits per heavy atom. The van der Waals surface area contributed by atoms with Crippen LogP contribution in [0.15, 0.2) is 0 Å². The molecular weight excluding hydrogens is 380 g/mol. The zero-order valence-electron chi connectivity index (χ0n) is 15.8. The average Bonchev–Trinajstić information content (AvgIpc) is 3.02. The van der Waals surface area contributed by atoms with E-state index in [9.17, 15) is 29.1 Å². The highest BCUT2D eigenvalue weighted by molar-refractivity contribution is 6.00. The molecule has 2 aliphatic heterocycles. The summed E-state index contributed by atoms with van der Waals surface area (Å²) in [7, 11) is 4.22. The molecule has 1 N–H and O–H groups in total. The predicted octanol–water partition coefficient (Wildman–Crippen LogP) is -1.75. The minimum atomic E-state index is -2.04. The number of fused-ring (bicyclic) bond motifs is 2. The maximum absolute atomic E-state index is 12.9. The number of rotatable bonds is 6. The van der Waals surface area contributed by atoms with E-state index in [2.05, 4.69) is 9.47 Å². The first kappa shape index (κ1) is 21.8. The highest BCUT2D eigenvalue weighted by Crippen LogP contribution is 2.52. The minimum Gasteiger partial charge on any atom is -0.469 e. The Morgan fingerprint density at radius 2 is 1.57 bits per heavy atom. The lowest BCUT2D eigenvalue weighted by Crippen LogP contribution is -2.55. The van der Waals surface area contributed by atoms with Gasteiger partial charge in [0.1, 0.15) is 11.8 Å². The van der Waals surface area contributed by atoms with Crippen molar-refractivity contribution in [1.82, 2.24) is 0 Å². The van der Waals surface area contributed by atoms with Crippen LogP contribution in [-0.4, -0.2) is 81.5 Å². The number of methoxy groups -OCH3 is 4. The summed E-state index contributed by atoms with van der Waals surface area (Å²) in [5, 5.41) is 9.87. The molecule has 0 aromatic rings. The summed E-state index contributed by atoms with van der Waals surface area (Å²) in [6, 6.07) is 0. The lowest BCUT2D eigenvalue weighted by Gasteiger charge is -2.37. The third kappa shape index (κ3) is 3.14. The number of esters is 4. The van der Waals surface area contributed by atoms with Gasteiger partial charge in [0.25, 0.3) is 0 Å². The van der Waals surface area contributed by atoms with Crippen molar-refractivity contribution in [2.45, 2.75) is 18.1 Å². The van der Waals surface area contributed by atoms with Gasteiger partial charge in [0.2, 0.25) is 0 Å². The van der Waals surface area contributed by atoms with E-state index in [1.807, 2.05) is 0 Å². The Kier molecular flexibility index (Phi) is 6.40. The van der Waals surface area contributed by atoms with Gasteiger partial charge < -0.3 is 28.8 Å². The van der Waals surface area contributed by atoms with Crippen molar-refractivity contribution < 1.29 is 52.8 Å². The number of carbonyl (C=O) groups excluding carboxylic acids is 5. The normalized spacial score (nSPS) is 31.3. The molecule has 0 amide bonds. The number of hydrogen-bond donors (Lipinski definition) is 1. The number of hydrogen-bond acceptors (Lipinski definition) is 11. The second-order valence-corrected chi connectivity index (χ2v) is 6.49. The van der Waals surface area contributed by atoms with Crippen molar-refractivity contribution in [2.75, 3.05) is 35.0 Å². The molecule has 5 atom stereocenters. The molecule has 0 aromatic carbocycles. The van der Waals surface area contributed by atoms with Crippen molar-refractivity contribution in [1.29, 1.82) is 0 Å². The summed E-state index contributed by atoms with van der Waals surface area (Å²) in [5.41, 5.74) is -2.04. The summed E-state index contributed by atoms with van der Waals surface area (Å²) in [6.07, 6.45) is -1.70. The highest BCUT2D eigenvalue weighted by Gasteiger charge is 2.70. The van der Waals surface area contributed by atoms with Crippen molar-refractivity contribution in [3.8, 4) is 0 Å². The van der Waals surface area contributed by atoms with Crippen molar-refractivity contribution in [2.24, 2.45) is 23.7 Å². The smallest absolute Gasteiger partial charge is 0.320 e. The van der Waals surface area contributed by atoms with Crippen LogP contribution in [-0.2, 0) is 47.7 Å². The number of Topliss-reactive ketones (excluding diaryl/α,β-unsaturated/α-hetero) is 1. The molecule has 2 aliphatic rings. The number of ketones is 1. The molecule has 156 valence electrons. The van der Waals surface area contributed by atoms with Gasteiger partial charge in [-0.25, -0.2) is 0 Å². The molecule has 0 aliphatic carbocycles. The van der Waals surface area contributed by atoms with Gasteiger partial charge >= 0.3 is 23.9 Å². The van der Waals surface area contributed by atoms with Crippen LogP contribution in [0.5, 0.6) is 0 Å². The molecule has 2 saturated heterocycles. The van der Waals surface area contributed by atoms with E-state index in [4.69, 9.17) is 14.2 Å². The summed E-state index contributed by atoms with van der Waals surface area (Å²) < 4.78 is 24.4. The Labute approximate surface area is 160 Å². The standard InChI is InChI=1S/C17H22O11/c1-24-13(20)9(14(21)25-2)7-5-8(19)17(6-18)11(16(23)27-4)10(12(7)28-17)15(22)26-3/h7,9-12,18H,5-6H2,1-4H3/t7-,10-,11+,12+,17-/m1/s1. The van der Waals surface area contributed by atoms with Crippen LogP contribution < -0.4 is 0 Å². The molecule has 0 saturated carbocycles. The van der Waals surface area contributed by atoms with Crippen LogP contribution in [0, 0.1) is 23.7 Å². The fraction of sp³-hybridized carbons (Fsp3) is 0.706. The monoisotopic (exact) mass is 402 g/mol. The lowest BCUT2D eigenvalue weighted by atomic mass is 9.78. The second kappa shape index (κ2) is 8.23. The van der Waals surface area contributed by atoms with Crippen molar-refractivity contribution in [3.05, 3.63) is 0 Å². The first-order chi connectivity index (χ1) is 13.2. The predicted molar refractivity (Wildman–Crippen MR) is 86.3 cm³/mol. The van der Waals surface area contributed by atoms with Gasteiger partial charge in [0.15, 0.2) is 17.3 Å². The average molecular weight is 402 g/mol. The number of ether oxygens (including phenoxy) is 5. The Bertz CT molecular complexity index is 671. The largest absolute Gasteiger partial charge is 0.469 e. The number of carbonyl (C=O) groups is 5. The number of aliphatic hydroxyl groups excluding tert-OH is 1. The first-order valence-corrected chi connectivity index (χ1v) is 8.37. The summed E-state index contributed by atoms with van der Waals surface area (Å²) in [5.74, 6) is -10.3. The zero-order chi connectivity index (χ0) is 21.2. The summed E-state index contributed by atoms with van der Waals surface area (Å²) >= 11 is 0. The Balaban J connectivity index is 2.62. The SMILES string of the molecule is COC(=O)C(C(=O)OC)[C@H]1CC(=O)[C@@]2(CO)O[C@@H]1[C@H](C(=O)OC)[C@H]2C(=O)OC. The molecule has 11 nitrogen and oxygen atoms in total. The van der Waals surface area contributed by atoms with Crippen LogP contribution in [0.2, 0.25) is 0 Å². The lowest BCUT2D eigenvalue weighted by molar-refractivity contribution is -0.187. The fourth-order valence-electron chi connectivity index (χ4n) is 4.07. The third-order valence-corrected chi connectivity index (χ3v) is 5.38. The maximum Gasteiger partial charge on any atom is 0.320 e. The zero-order valence-corrected chi connectivity index (χ0v) is 15.8. The molecule has 0 unspecified atom stereocenters. The second-order valence-electron chi connectivity index (χ2n) is 6.49. The molecule has 2 fully saturated rings. The third-order valence-electron chi connectivity index (χ3n) is 5.38. The summed E-state index contributed by atoms with van der Waals surface area (Å²) in [4.78, 5) is 62.2. The van der Waals surface area contributed by atoms with E-state index in [-0.39, 0.29) is 0 Å². The van der Waals surface area contributed by atoms with Crippen LogP contribution in [0.1, 0.15) is 6.42 Å². The molecule has 2 heterocycles. The van der Waals surface area contributed by atoms with Gasteiger partial charge in [0.05, 0.1) is 41.2 Å². The molecule has 2 bridgehead atoms. The molecule has 2 rings (SSSR count). The van der Waals surface area contributed by atoms with E-state index in [1.54, 1.807) is 0 Å². The van der Waals surface area contributed by atoms with Crippen molar-refractivity contribution >= 4 is 29.7 Å². The Hall–Kier alpha value is -2.53. The van der Waals surface area contributed by atoms with Gasteiger partial charge in [-0.2, -0.15) is 0 Å². The highest BCUT2D eigenvalue weighted by atomic mass is 16.6. The van der Waals surface area contributed by atoms with Gasteiger partial charge in [-0.05, 0) is 0 Å². The van der Waals surface area contributed by atoms with E-state index in [1.165, 1.54) is 0 Å². The maximum atomic E-state index is 12.9. The molecule has 28 heavy (non-hydrogen) atoms. The van der Waals surface area contributed by atoms with Crippen LogP contribution in [0.3, 0.4) is 0 Å². The fourth-order valence-corrected chi connectivity index (χ4v) is 4.07. The molecular formula is C17H22O11. The van der Waals surface area contributed by atoms with E-state index in [0.717, 1.165) is 28.4 Å².